The van der Waals surface area contributed by atoms with E-state index in [1.807, 2.05) is 4.90 Å². The van der Waals surface area contributed by atoms with Crippen molar-refractivity contribution in [1.82, 2.24) is 20.1 Å². The molecule has 3 rings (SSSR count). The Labute approximate surface area is 133 Å². The Morgan fingerprint density at radius 1 is 1.36 bits per heavy atom. The summed E-state index contributed by atoms with van der Waals surface area (Å²) in [5.74, 6) is -0.0228. The van der Waals surface area contributed by atoms with Gasteiger partial charge in [-0.2, -0.15) is 0 Å². The van der Waals surface area contributed by atoms with Crippen LogP contribution in [0.3, 0.4) is 0 Å². The van der Waals surface area contributed by atoms with Crippen LogP contribution >= 0.6 is 11.6 Å². The zero-order valence-electron chi connectivity index (χ0n) is 12.7. The number of hydrogen-bond donors (Lipinski definition) is 0. The molecule has 2 heterocycles. The number of carbonyl (C=O) groups is 1. The van der Waals surface area contributed by atoms with Gasteiger partial charge in [0, 0.05) is 17.1 Å². The zero-order chi connectivity index (χ0) is 15.7. The summed E-state index contributed by atoms with van der Waals surface area (Å²) in [4.78, 5) is 21.1. The number of rotatable bonds is 3. The lowest BCUT2D eigenvalue weighted by Crippen LogP contribution is -2.49. The molecule has 0 bridgehead atoms. The van der Waals surface area contributed by atoms with E-state index >= 15 is 0 Å². The molecular weight excluding hydrogens is 304 g/mol. The van der Waals surface area contributed by atoms with Crippen molar-refractivity contribution in [2.45, 2.75) is 45.2 Å². The molecule has 1 amide bonds. The van der Waals surface area contributed by atoms with Crippen molar-refractivity contribution in [3.8, 4) is 0 Å². The van der Waals surface area contributed by atoms with Gasteiger partial charge in [0.15, 0.2) is 6.61 Å². The van der Waals surface area contributed by atoms with Crippen LogP contribution in [0.4, 0.5) is 0 Å². The number of benzene rings is 1. The van der Waals surface area contributed by atoms with Crippen molar-refractivity contribution < 1.29 is 9.63 Å². The highest BCUT2D eigenvalue weighted by molar-refractivity contribution is 6.31. The highest BCUT2D eigenvalue weighted by Gasteiger charge is 2.29. The molecule has 118 valence electrons. The summed E-state index contributed by atoms with van der Waals surface area (Å²) in [6, 6.07) is 5.73. The molecule has 0 saturated carbocycles. The second-order valence-electron chi connectivity index (χ2n) is 5.80. The van der Waals surface area contributed by atoms with Crippen LogP contribution in [0.1, 0.15) is 33.1 Å². The maximum atomic E-state index is 12.4. The number of hydrogen-bond acceptors (Lipinski definition) is 4. The third-order valence-corrected chi connectivity index (χ3v) is 4.40. The Morgan fingerprint density at radius 2 is 2.09 bits per heavy atom. The van der Waals surface area contributed by atoms with Crippen LogP contribution in [0.5, 0.6) is 0 Å². The number of fused-ring (bicyclic) bond motifs is 1. The molecule has 1 aliphatic rings. The monoisotopic (exact) mass is 322 g/mol. The molecule has 0 unspecified atom stereocenters. The Hall–Kier alpha value is -1.82. The van der Waals surface area contributed by atoms with Crippen LogP contribution in [-0.2, 0) is 4.79 Å². The van der Waals surface area contributed by atoms with Crippen molar-refractivity contribution >= 4 is 28.5 Å². The smallest absolute Gasteiger partial charge is 0.263 e. The Balaban J connectivity index is 1.71. The average molecular weight is 323 g/mol. The van der Waals surface area contributed by atoms with Gasteiger partial charge < -0.3 is 9.74 Å². The molecule has 1 fully saturated rings. The number of halogens is 1. The topological polar surface area (TPSA) is 60.2 Å². The fraction of sp³-hybridized carbons (Fsp3) is 0.533. The van der Waals surface area contributed by atoms with E-state index in [0.29, 0.717) is 16.1 Å². The van der Waals surface area contributed by atoms with Crippen LogP contribution in [0, 0.1) is 0 Å². The van der Waals surface area contributed by atoms with Gasteiger partial charge in [-0.3, -0.25) is 4.79 Å². The minimum absolute atomic E-state index is 0.0228. The average Bonchev–Trinajstić information content (AvgIpc) is 2.87. The molecule has 22 heavy (non-hydrogen) atoms. The fourth-order valence-corrected chi connectivity index (χ4v) is 3.24. The molecule has 1 aromatic heterocycles. The van der Waals surface area contributed by atoms with Gasteiger partial charge in [0.2, 0.25) is 0 Å². The van der Waals surface area contributed by atoms with Crippen LogP contribution < -0.4 is 4.84 Å². The third kappa shape index (κ3) is 2.88. The number of carbonyl (C=O) groups excluding carboxylic acids is 1. The van der Waals surface area contributed by atoms with Crippen molar-refractivity contribution in [2.24, 2.45) is 0 Å². The first-order valence-electron chi connectivity index (χ1n) is 7.51. The SMILES string of the molecule is C[C@H]1CCC[C@H](C)N1C(=O)COn1nnc2ccc(Cl)cc21. The van der Waals surface area contributed by atoms with E-state index in [2.05, 4.69) is 24.2 Å². The minimum Gasteiger partial charge on any atom is -0.385 e. The van der Waals surface area contributed by atoms with Crippen LogP contribution in [0.25, 0.3) is 11.0 Å². The Bertz CT molecular complexity index is 677. The maximum absolute atomic E-state index is 12.4. The molecule has 1 saturated heterocycles. The van der Waals surface area contributed by atoms with Gasteiger partial charge in [-0.05, 0) is 56.5 Å². The second kappa shape index (κ2) is 6.12. The Morgan fingerprint density at radius 3 is 2.82 bits per heavy atom. The van der Waals surface area contributed by atoms with Crippen molar-refractivity contribution in [3.63, 3.8) is 0 Å². The summed E-state index contributed by atoms with van der Waals surface area (Å²) in [6.07, 6.45) is 3.25. The largest absolute Gasteiger partial charge is 0.385 e. The van der Waals surface area contributed by atoms with Gasteiger partial charge in [0.25, 0.3) is 5.91 Å². The van der Waals surface area contributed by atoms with E-state index in [-0.39, 0.29) is 24.6 Å². The molecule has 1 aromatic carbocycles. The number of nitrogens with zero attached hydrogens (tertiary/aromatic N) is 4. The van der Waals surface area contributed by atoms with E-state index in [9.17, 15) is 4.79 Å². The summed E-state index contributed by atoms with van der Waals surface area (Å²) in [5, 5.41) is 8.46. The summed E-state index contributed by atoms with van der Waals surface area (Å²) < 4.78 is 0. The van der Waals surface area contributed by atoms with E-state index in [0.717, 1.165) is 12.8 Å². The van der Waals surface area contributed by atoms with E-state index in [1.54, 1.807) is 18.2 Å². The summed E-state index contributed by atoms with van der Waals surface area (Å²) >= 11 is 5.97. The second-order valence-corrected chi connectivity index (χ2v) is 6.24. The molecule has 1 aliphatic heterocycles. The highest BCUT2D eigenvalue weighted by atomic mass is 35.5. The first kappa shape index (κ1) is 15.1. The number of piperidine rings is 1. The minimum atomic E-state index is -0.0559. The van der Waals surface area contributed by atoms with Crippen LogP contribution in [-0.4, -0.2) is 44.7 Å². The van der Waals surface area contributed by atoms with Crippen LogP contribution in [0.15, 0.2) is 18.2 Å². The van der Waals surface area contributed by atoms with Gasteiger partial charge in [0.1, 0.15) is 11.0 Å². The molecule has 7 heteroatoms. The molecule has 0 aliphatic carbocycles. The normalized spacial score (nSPS) is 22.0. The zero-order valence-corrected chi connectivity index (χ0v) is 13.5. The van der Waals surface area contributed by atoms with Gasteiger partial charge in [0.05, 0.1) is 0 Å². The van der Waals surface area contributed by atoms with Gasteiger partial charge >= 0.3 is 0 Å². The standard InChI is InChI=1S/C15H19ClN4O2/c1-10-4-3-5-11(2)19(10)15(21)9-22-20-14-8-12(16)6-7-13(14)17-18-20/h6-8,10-11H,3-5,9H2,1-2H3/t10-,11-/m0/s1. The Kier molecular flexibility index (Phi) is 4.20. The maximum Gasteiger partial charge on any atom is 0.263 e. The summed E-state index contributed by atoms with van der Waals surface area (Å²) in [6.45, 7) is 4.11. The van der Waals surface area contributed by atoms with E-state index in [4.69, 9.17) is 16.4 Å². The first-order valence-corrected chi connectivity index (χ1v) is 7.89. The van der Waals surface area contributed by atoms with Gasteiger partial charge in [-0.1, -0.05) is 16.4 Å². The van der Waals surface area contributed by atoms with Crippen molar-refractivity contribution in [2.75, 3.05) is 6.61 Å². The lowest BCUT2D eigenvalue weighted by Gasteiger charge is -2.38. The molecule has 0 spiro atoms. The molecule has 2 aromatic rings. The molecule has 2 atom stereocenters. The fourth-order valence-electron chi connectivity index (χ4n) is 3.07. The summed E-state index contributed by atoms with van der Waals surface area (Å²) in [7, 11) is 0. The predicted octanol–water partition coefficient (Wildman–Crippen LogP) is 2.30. The van der Waals surface area contributed by atoms with Crippen LogP contribution in [0.2, 0.25) is 5.02 Å². The third-order valence-electron chi connectivity index (χ3n) is 4.17. The molecule has 6 nitrogen and oxygen atoms in total. The molecular formula is C15H19ClN4O2. The van der Waals surface area contributed by atoms with Gasteiger partial charge in [-0.25, -0.2) is 0 Å². The van der Waals surface area contributed by atoms with Gasteiger partial charge in [-0.15, -0.1) is 5.10 Å². The molecule has 0 radical (unpaired) electrons. The lowest BCUT2D eigenvalue weighted by molar-refractivity contribution is -0.142. The lowest BCUT2D eigenvalue weighted by atomic mass is 9.97. The first-order chi connectivity index (χ1) is 10.6. The van der Waals surface area contributed by atoms with E-state index < -0.39 is 0 Å². The number of aromatic nitrogens is 3. The van der Waals surface area contributed by atoms with Crippen molar-refractivity contribution in [3.05, 3.63) is 23.2 Å². The van der Waals surface area contributed by atoms with Crippen molar-refractivity contribution in [1.29, 1.82) is 0 Å². The predicted molar refractivity (Wildman–Crippen MR) is 83.6 cm³/mol. The number of likely N-dealkylation sites (tertiary alicyclic amines) is 1. The van der Waals surface area contributed by atoms with E-state index in [1.165, 1.54) is 11.3 Å². The summed E-state index contributed by atoms with van der Waals surface area (Å²) in [5.41, 5.74) is 1.33. The molecule has 0 N–H and O–H groups in total. The number of amides is 1. The quantitative estimate of drug-likeness (QED) is 0.870. The highest BCUT2D eigenvalue weighted by Crippen LogP contribution is 2.22.